The zero-order chi connectivity index (χ0) is 16.4. The van der Waals surface area contributed by atoms with Gasteiger partial charge >= 0.3 is 0 Å². The highest BCUT2D eigenvalue weighted by Crippen LogP contribution is 2.20. The van der Waals surface area contributed by atoms with Gasteiger partial charge in [-0.1, -0.05) is 36.7 Å². The van der Waals surface area contributed by atoms with Gasteiger partial charge in [0.1, 0.15) is 6.04 Å². The van der Waals surface area contributed by atoms with Gasteiger partial charge in [0.2, 0.25) is 0 Å². The summed E-state index contributed by atoms with van der Waals surface area (Å²) in [6, 6.07) is 14.9. The third-order valence-electron chi connectivity index (χ3n) is 4.04. The first-order chi connectivity index (χ1) is 11.2. The van der Waals surface area contributed by atoms with Crippen LogP contribution in [-0.2, 0) is 0 Å². The lowest BCUT2D eigenvalue weighted by atomic mass is 10.1. The van der Waals surface area contributed by atoms with Crippen molar-refractivity contribution in [2.45, 2.75) is 19.4 Å². The summed E-state index contributed by atoms with van der Waals surface area (Å²) >= 11 is 6.12. The molecule has 5 heteroatoms. The number of benzene rings is 2. The van der Waals surface area contributed by atoms with E-state index in [1.165, 1.54) is 0 Å². The van der Waals surface area contributed by atoms with E-state index in [1.54, 1.807) is 16.7 Å². The number of hydrogen-bond acceptors (Lipinski definition) is 2. The predicted molar refractivity (Wildman–Crippen MR) is 93.2 cm³/mol. The zero-order valence-corrected chi connectivity index (χ0v) is 13.9. The van der Waals surface area contributed by atoms with Crippen molar-refractivity contribution in [1.29, 1.82) is 0 Å². The summed E-state index contributed by atoms with van der Waals surface area (Å²) in [4.78, 5) is 17.8. The van der Waals surface area contributed by atoms with Crippen LogP contribution in [0.15, 0.2) is 53.3 Å². The number of rotatable bonds is 4. The monoisotopic (exact) mass is 328 g/mol. The zero-order valence-electron chi connectivity index (χ0n) is 13.2. The number of quaternary nitrogens is 1. The van der Waals surface area contributed by atoms with Crippen LogP contribution < -0.4 is 10.9 Å². The fourth-order valence-electron chi connectivity index (χ4n) is 2.83. The lowest BCUT2D eigenvalue weighted by Gasteiger charge is -2.18. The molecule has 0 aliphatic rings. The van der Waals surface area contributed by atoms with Gasteiger partial charge in [-0.05, 0) is 30.3 Å². The van der Waals surface area contributed by atoms with Gasteiger partial charge < -0.3 is 5.32 Å². The molecular weight excluding hydrogens is 310 g/mol. The van der Waals surface area contributed by atoms with Crippen molar-refractivity contribution in [2.24, 2.45) is 0 Å². The summed E-state index contributed by atoms with van der Waals surface area (Å²) < 4.78 is 1.68. The van der Waals surface area contributed by atoms with Crippen LogP contribution in [0.25, 0.3) is 16.6 Å². The maximum Gasteiger partial charge on any atom is 0.266 e. The molecule has 0 saturated carbocycles. The molecule has 2 aromatic carbocycles. The van der Waals surface area contributed by atoms with Crippen LogP contribution >= 0.6 is 11.6 Å². The van der Waals surface area contributed by atoms with Crippen molar-refractivity contribution in [3.8, 4) is 5.69 Å². The predicted octanol–water partition coefficient (Wildman–Crippen LogP) is 2.68. The molecule has 1 atom stereocenters. The minimum Gasteiger partial charge on any atom is -0.340 e. The Balaban J connectivity index is 2.39. The minimum absolute atomic E-state index is 0.0619. The van der Waals surface area contributed by atoms with Crippen LogP contribution in [0.3, 0.4) is 0 Å². The van der Waals surface area contributed by atoms with Gasteiger partial charge in [-0.2, -0.15) is 0 Å². The summed E-state index contributed by atoms with van der Waals surface area (Å²) in [5.74, 6) is 0.751. The van der Waals surface area contributed by atoms with Crippen LogP contribution in [0, 0.1) is 0 Å². The third kappa shape index (κ3) is 2.87. The molecule has 0 unspecified atom stereocenters. The van der Waals surface area contributed by atoms with Crippen molar-refractivity contribution in [3.63, 3.8) is 0 Å². The van der Waals surface area contributed by atoms with Gasteiger partial charge in [-0.3, -0.25) is 9.36 Å². The standard InChI is InChI=1S/C18H18ClN3O/c1-3-15(20-2)17-21-16-10-5-4-9-14(16)18(23)22(17)13-8-6-7-12(19)11-13/h4-11,15,20H,3H2,1-2H3/p+1/t15-/m1/s1. The Morgan fingerprint density at radius 2 is 2.00 bits per heavy atom. The smallest absolute Gasteiger partial charge is 0.266 e. The molecule has 0 bridgehead atoms. The van der Waals surface area contributed by atoms with Gasteiger partial charge in [0, 0.05) is 11.4 Å². The number of hydrogen-bond donors (Lipinski definition) is 1. The first kappa shape index (κ1) is 15.7. The van der Waals surface area contributed by atoms with E-state index < -0.39 is 0 Å². The van der Waals surface area contributed by atoms with Gasteiger partial charge in [-0.25, -0.2) is 4.98 Å². The van der Waals surface area contributed by atoms with Gasteiger partial charge in [-0.15, -0.1) is 0 Å². The molecule has 3 aromatic rings. The summed E-state index contributed by atoms with van der Waals surface area (Å²) in [6.45, 7) is 2.09. The summed E-state index contributed by atoms with van der Waals surface area (Å²) in [7, 11) is 2.00. The summed E-state index contributed by atoms with van der Waals surface area (Å²) in [5.41, 5.74) is 1.41. The molecule has 3 rings (SSSR count). The number of fused-ring (bicyclic) bond motifs is 1. The lowest BCUT2D eigenvalue weighted by molar-refractivity contribution is -0.672. The SMILES string of the molecule is CC[C@@H]([NH2+]C)c1nc2ccccc2c(=O)n1-c1cccc(Cl)c1. The fraction of sp³-hybridized carbons (Fsp3) is 0.222. The van der Waals surface area contributed by atoms with Gasteiger partial charge in [0.25, 0.3) is 5.56 Å². The molecule has 0 aliphatic carbocycles. The van der Waals surface area contributed by atoms with E-state index in [0.717, 1.165) is 23.4 Å². The normalized spacial score (nSPS) is 12.5. The van der Waals surface area contributed by atoms with E-state index in [9.17, 15) is 4.79 Å². The Morgan fingerprint density at radius 1 is 1.22 bits per heavy atom. The van der Waals surface area contributed by atoms with E-state index in [0.29, 0.717) is 10.4 Å². The van der Waals surface area contributed by atoms with Crippen molar-refractivity contribution < 1.29 is 5.32 Å². The number of para-hydroxylation sites is 1. The number of nitrogens with zero attached hydrogens (tertiary/aromatic N) is 2. The van der Waals surface area contributed by atoms with E-state index in [4.69, 9.17) is 16.6 Å². The summed E-state index contributed by atoms with van der Waals surface area (Å²) in [6.07, 6.45) is 0.877. The van der Waals surface area contributed by atoms with E-state index in [2.05, 4.69) is 12.2 Å². The second kappa shape index (κ2) is 6.52. The molecule has 23 heavy (non-hydrogen) atoms. The number of nitrogens with two attached hydrogens (primary N) is 1. The third-order valence-corrected chi connectivity index (χ3v) is 4.28. The molecular formula is C18H19ClN3O+. The Labute approximate surface area is 139 Å². The Bertz CT molecular complexity index is 900. The average Bonchev–Trinajstić information content (AvgIpc) is 2.56. The van der Waals surface area contributed by atoms with Crippen LogP contribution in [0.5, 0.6) is 0 Å². The number of halogens is 1. The molecule has 118 valence electrons. The molecule has 0 aliphatic heterocycles. The maximum absolute atomic E-state index is 13.1. The second-order valence-electron chi connectivity index (χ2n) is 5.46. The highest BCUT2D eigenvalue weighted by atomic mass is 35.5. The Hall–Kier alpha value is -2.17. The first-order valence-electron chi connectivity index (χ1n) is 7.72. The molecule has 0 radical (unpaired) electrons. The maximum atomic E-state index is 13.1. The first-order valence-corrected chi connectivity index (χ1v) is 8.10. The summed E-state index contributed by atoms with van der Waals surface area (Å²) in [5, 5.41) is 3.29. The average molecular weight is 329 g/mol. The Morgan fingerprint density at radius 3 is 2.70 bits per heavy atom. The van der Waals surface area contributed by atoms with Crippen molar-refractivity contribution >= 4 is 22.5 Å². The Kier molecular flexibility index (Phi) is 4.46. The molecule has 2 N–H and O–H groups in total. The highest BCUT2D eigenvalue weighted by molar-refractivity contribution is 6.30. The minimum atomic E-state index is -0.0619. The van der Waals surface area contributed by atoms with Crippen molar-refractivity contribution in [3.05, 3.63) is 69.7 Å². The van der Waals surface area contributed by atoms with Crippen molar-refractivity contribution in [1.82, 2.24) is 9.55 Å². The lowest BCUT2D eigenvalue weighted by Crippen LogP contribution is -2.81. The van der Waals surface area contributed by atoms with E-state index in [1.807, 2.05) is 43.4 Å². The topological polar surface area (TPSA) is 51.5 Å². The van der Waals surface area contributed by atoms with Crippen LogP contribution in [0.4, 0.5) is 0 Å². The van der Waals surface area contributed by atoms with E-state index in [-0.39, 0.29) is 11.6 Å². The fourth-order valence-corrected chi connectivity index (χ4v) is 3.02. The van der Waals surface area contributed by atoms with Crippen LogP contribution in [-0.4, -0.2) is 16.6 Å². The molecule has 1 heterocycles. The molecule has 4 nitrogen and oxygen atoms in total. The number of aromatic nitrogens is 2. The molecule has 1 aromatic heterocycles. The van der Waals surface area contributed by atoms with Crippen molar-refractivity contribution in [2.75, 3.05) is 7.05 Å². The molecule has 0 fully saturated rings. The van der Waals surface area contributed by atoms with Crippen LogP contribution in [0.2, 0.25) is 5.02 Å². The van der Waals surface area contributed by atoms with Gasteiger partial charge in [0.05, 0.1) is 23.6 Å². The largest absolute Gasteiger partial charge is 0.340 e. The van der Waals surface area contributed by atoms with E-state index >= 15 is 0 Å². The highest BCUT2D eigenvalue weighted by Gasteiger charge is 2.21. The second-order valence-corrected chi connectivity index (χ2v) is 5.89. The quantitative estimate of drug-likeness (QED) is 0.800. The van der Waals surface area contributed by atoms with Gasteiger partial charge in [0.15, 0.2) is 5.82 Å². The molecule has 0 saturated heterocycles. The molecule has 0 amide bonds. The van der Waals surface area contributed by atoms with Crippen LogP contribution in [0.1, 0.15) is 25.2 Å². The molecule has 0 spiro atoms.